The van der Waals surface area contributed by atoms with E-state index in [0.29, 0.717) is 30.1 Å². The fraction of sp³-hybridized carbons (Fsp3) is 0.353. The zero-order valence-corrected chi connectivity index (χ0v) is 14.9. The van der Waals surface area contributed by atoms with E-state index in [4.69, 9.17) is 4.74 Å². The number of aromatic nitrogens is 4. The van der Waals surface area contributed by atoms with Gasteiger partial charge in [-0.3, -0.25) is 9.59 Å². The number of methoxy groups -OCH3 is 1. The van der Waals surface area contributed by atoms with Crippen LogP contribution in [-0.2, 0) is 14.3 Å². The molecule has 0 unspecified atom stereocenters. The number of esters is 1. The number of nitrogens with one attached hydrogen (secondary N) is 2. The van der Waals surface area contributed by atoms with Crippen LogP contribution in [0.4, 0.5) is 5.13 Å². The second kappa shape index (κ2) is 6.83. The van der Waals surface area contributed by atoms with Crippen molar-refractivity contribution in [2.24, 2.45) is 11.8 Å². The first-order chi connectivity index (χ1) is 12.7. The molecule has 3 aromatic heterocycles. The van der Waals surface area contributed by atoms with Crippen molar-refractivity contribution in [3.05, 3.63) is 24.0 Å². The summed E-state index contributed by atoms with van der Waals surface area (Å²) in [5.41, 5.74) is 2.16. The number of rotatable bonds is 4. The average molecular weight is 371 g/mol. The molecule has 3 heterocycles. The summed E-state index contributed by atoms with van der Waals surface area (Å²) >= 11 is 1.35. The number of carbonyl (C=O) groups is 2. The van der Waals surface area contributed by atoms with E-state index in [0.717, 1.165) is 16.7 Å². The lowest BCUT2D eigenvalue weighted by Gasteiger charge is -2.09. The number of hydrogen-bond donors (Lipinski definition) is 2. The molecule has 0 aromatic carbocycles. The van der Waals surface area contributed by atoms with Crippen LogP contribution in [0.15, 0.2) is 24.0 Å². The SMILES string of the molecule is COC(=O)[C@@H]1CC[C@H](C(=O)Nc2nc(-c3ncnc4[nH]ccc34)cs2)C1. The summed E-state index contributed by atoms with van der Waals surface area (Å²) in [5.74, 6) is -0.727. The van der Waals surface area contributed by atoms with Crippen molar-refractivity contribution in [1.29, 1.82) is 0 Å². The van der Waals surface area contributed by atoms with Crippen molar-refractivity contribution < 1.29 is 14.3 Å². The number of hydrogen-bond acceptors (Lipinski definition) is 7. The molecule has 26 heavy (non-hydrogen) atoms. The molecule has 8 nitrogen and oxygen atoms in total. The van der Waals surface area contributed by atoms with Crippen LogP contribution in [0.2, 0.25) is 0 Å². The molecule has 1 aliphatic carbocycles. The Kier molecular flexibility index (Phi) is 4.37. The lowest BCUT2D eigenvalue weighted by Crippen LogP contribution is -2.22. The zero-order valence-electron chi connectivity index (χ0n) is 14.1. The van der Waals surface area contributed by atoms with Crippen molar-refractivity contribution in [2.75, 3.05) is 12.4 Å². The van der Waals surface area contributed by atoms with Gasteiger partial charge in [-0.2, -0.15) is 0 Å². The van der Waals surface area contributed by atoms with Gasteiger partial charge in [0.15, 0.2) is 5.13 Å². The molecule has 1 saturated carbocycles. The number of H-pyrrole nitrogens is 1. The van der Waals surface area contributed by atoms with Crippen LogP contribution in [-0.4, -0.2) is 38.9 Å². The van der Waals surface area contributed by atoms with Crippen LogP contribution < -0.4 is 5.32 Å². The van der Waals surface area contributed by atoms with Crippen molar-refractivity contribution in [2.45, 2.75) is 19.3 Å². The van der Waals surface area contributed by atoms with E-state index < -0.39 is 0 Å². The number of fused-ring (bicyclic) bond motifs is 1. The van der Waals surface area contributed by atoms with Crippen LogP contribution in [0, 0.1) is 11.8 Å². The molecule has 2 atom stereocenters. The highest BCUT2D eigenvalue weighted by molar-refractivity contribution is 7.14. The van der Waals surface area contributed by atoms with E-state index in [2.05, 4.69) is 25.3 Å². The van der Waals surface area contributed by atoms with Gasteiger partial charge in [-0.15, -0.1) is 11.3 Å². The molecule has 1 amide bonds. The fourth-order valence-corrected chi connectivity index (χ4v) is 4.02. The first kappa shape index (κ1) is 16.6. The molecule has 0 aliphatic heterocycles. The Morgan fingerprint density at radius 1 is 1.31 bits per heavy atom. The largest absolute Gasteiger partial charge is 0.469 e. The van der Waals surface area contributed by atoms with Gasteiger partial charge in [0.05, 0.1) is 13.0 Å². The Balaban J connectivity index is 1.47. The minimum absolute atomic E-state index is 0.105. The van der Waals surface area contributed by atoms with Gasteiger partial charge in [-0.1, -0.05) is 0 Å². The predicted octanol–water partition coefficient (Wildman–Crippen LogP) is 2.61. The third-order valence-corrected chi connectivity index (χ3v) is 5.43. The highest BCUT2D eigenvalue weighted by Gasteiger charge is 2.34. The third-order valence-electron chi connectivity index (χ3n) is 4.67. The molecule has 0 radical (unpaired) electrons. The Labute approximate surface area is 153 Å². The second-order valence-corrected chi connectivity index (χ2v) is 7.08. The Morgan fingerprint density at radius 3 is 3.00 bits per heavy atom. The minimum atomic E-state index is -0.240. The normalized spacial score (nSPS) is 19.6. The van der Waals surface area contributed by atoms with Crippen LogP contribution in [0.3, 0.4) is 0 Å². The number of carbonyl (C=O) groups excluding carboxylic acids is 2. The van der Waals surface area contributed by atoms with Crippen LogP contribution in [0.5, 0.6) is 0 Å². The molecule has 4 rings (SSSR count). The summed E-state index contributed by atoms with van der Waals surface area (Å²) in [6.45, 7) is 0. The van der Waals surface area contributed by atoms with Gasteiger partial charge in [0, 0.05) is 22.9 Å². The van der Waals surface area contributed by atoms with Gasteiger partial charge < -0.3 is 15.0 Å². The van der Waals surface area contributed by atoms with Crippen LogP contribution >= 0.6 is 11.3 Å². The van der Waals surface area contributed by atoms with E-state index in [1.54, 1.807) is 6.20 Å². The molecule has 9 heteroatoms. The maximum atomic E-state index is 12.5. The molecular weight excluding hydrogens is 354 g/mol. The Hall–Kier alpha value is -2.81. The smallest absolute Gasteiger partial charge is 0.308 e. The number of anilines is 1. The topological polar surface area (TPSA) is 110 Å². The van der Waals surface area contributed by atoms with Gasteiger partial charge in [0.25, 0.3) is 0 Å². The molecule has 134 valence electrons. The molecule has 2 N–H and O–H groups in total. The summed E-state index contributed by atoms with van der Waals surface area (Å²) in [6.07, 6.45) is 5.17. The van der Waals surface area contributed by atoms with Gasteiger partial charge in [-0.05, 0) is 25.3 Å². The summed E-state index contributed by atoms with van der Waals surface area (Å²) in [4.78, 5) is 40.1. The minimum Gasteiger partial charge on any atom is -0.469 e. The first-order valence-corrected chi connectivity index (χ1v) is 9.16. The molecular formula is C17H17N5O3S. The first-order valence-electron chi connectivity index (χ1n) is 8.28. The van der Waals surface area contributed by atoms with Gasteiger partial charge in [0.2, 0.25) is 5.91 Å². The summed E-state index contributed by atoms with van der Waals surface area (Å²) in [5, 5.41) is 6.12. The van der Waals surface area contributed by atoms with E-state index in [1.165, 1.54) is 24.8 Å². The maximum Gasteiger partial charge on any atom is 0.308 e. The molecule has 1 aliphatic rings. The van der Waals surface area contributed by atoms with Gasteiger partial charge in [0.1, 0.15) is 23.4 Å². The van der Waals surface area contributed by atoms with Gasteiger partial charge >= 0.3 is 5.97 Å². The zero-order chi connectivity index (χ0) is 18.1. The monoisotopic (exact) mass is 371 g/mol. The molecule has 0 saturated heterocycles. The summed E-state index contributed by atoms with van der Waals surface area (Å²) in [7, 11) is 1.38. The molecule has 0 spiro atoms. The third kappa shape index (κ3) is 3.05. The number of ether oxygens (including phenoxy) is 1. The van der Waals surface area contributed by atoms with Crippen LogP contribution in [0.25, 0.3) is 22.4 Å². The van der Waals surface area contributed by atoms with E-state index in [-0.39, 0.29) is 23.7 Å². The molecule has 1 fully saturated rings. The lowest BCUT2D eigenvalue weighted by molar-refractivity contribution is -0.145. The number of amides is 1. The van der Waals surface area contributed by atoms with Crippen molar-refractivity contribution >= 4 is 39.4 Å². The highest BCUT2D eigenvalue weighted by atomic mass is 32.1. The van der Waals surface area contributed by atoms with Crippen LogP contribution in [0.1, 0.15) is 19.3 Å². The Morgan fingerprint density at radius 2 is 2.15 bits per heavy atom. The van der Waals surface area contributed by atoms with Gasteiger partial charge in [-0.25, -0.2) is 15.0 Å². The summed E-state index contributed by atoms with van der Waals surface area (Å²) in [6, 6.07) is 1.90. The quantitative estimate of drug-likeness (QED) is 0.682. The van der Waals surface area contributed by atoms with Crippen molar-refractivity contribution in [1.82, 2.24) is 19.9 Å². The Bertz CT molecular complexity index is 966. The lowest BCUT2D eigenvalue weighted by atomic mass is 10.0. The fourth-order valence-electron chi connectivity index (χ4n) is 3.32. The highest BCUT2D eigenvalue weighted by Crippen LogP contribution is 2.33. The number of nitrogens with zero attached hydrogens (tertiary/aromatic N) is 3. The van der Waals surface area contributed by atoms with E-state index >= 15 is 0 Å². The predicted molar refractivity (Wildman–Crippen MR) is 96.5 cm³/mol. The van der Waals surface area contributed by atoms with E-state index in [1.807, 2.05) is 11.4 Å². The number of thiazole rings is 1. The standard InChI is InChI=1S/C17H17N5O3S/c1-25-16(24)10-3-2-9(6-10)15(23)22-17-21-12(7-26-17)13-11-4-5-18-14(11)20-8-19-13/h4-5,7-10H,2-3,6H2,1H3,(H,18,19,20)(H,21,22,23)/t9-,10+/m0/s1. The molecule has 3 aromatic rings. The van der Waals surface area contributed by atoms with Crippen molar-refractivity contribution in [3.8, 4) is 11.4 Å². The maximum absolute atomic E-state index is 12.5. The number of aromatic amines is 1. The summed E-state index contributed by atoms with van der Waals surface area (Å²) < 4.78 is 4.77. The molecule has 0 bridgehead atoms. The average Bonchev–Trinajstić information content (AvgIpc) is 3.39. The van der Waals surface area contributed by atoms with E-state index in [9.17, 15) is 9.59 Å². The van der Waals surface area contributed by atoms with Crippen molar-refractivity contribution in [3.63, 3.8) is 0 Å². The second-order valence-electron chi connectivity index (χ2n) is 6.22.